The molecule has 6 nitrogen and oxygen atoms in total. The summed E-state index contributed by atoms with van der Waals surface area (Å²) < 4.78 is 23.1. The standard InChI is InChI=1S/C8H5ClN2O4SSe/c9-4-16(14,15)6-1-2-8(17-5-10)7(3-6)11(12)13/h1-3H,4H2. The molecular weight excluding hydrogens is 335 g/mol. The Labute approximate surface area is 108 Å². The zero-order valence-corrected chi connectivity index (χ0v) is 11.4. The van der Waals surface area contributed by atoms with Gasteiger partial charge in [-0.25, -0.2) is 0 Å². The van der Waals surface area contributed by atoms with E-state index in [2.05, 4.69) is 0 Å². The number of nitro benzene ring substituents is 1. The second kappa shape index (κ2) is 5.47. The molecule has 0 aliphatic rings. The average molecular weight is 340 g/mol. The number of benzene rings is 1. The van der Waals surface area contributed by atoms with Crippen LogP contribution in [0.15, 0.2) is 23.1 Å². The summed E-state index contributed by atoms with van der Waals surface area (Å²) in [5.41, 5.74) is -0.363. The van der Waals surface area contributed by atoms with Gasteiger partial charge in [0.1, 0.15) is 0 Å². The fourth-order valence-corrected chi connectivity index (χ4v) is 3.09. The fraction of sp³-hybridized carbons (Fsp3) is 0.125. The quantitative estimate of drug-likeness (QED) is 0.341. The van der Waals surface area contributed by atoms with Crippen LogP contribution in [-0.2, 0) is 9.84 Å². The third kappa shape index (κ3) is 3.17. The van der Waals surface area contributed by atoms with Crippen molar-refractivity contribution in [2.75, 3.05) is 5.21 Å². The zero-order valence-electron chi connectivity index (χ0n) is 8.16. The first-order valence-electron chi connectivity index (χ1n) is 4.05. The number of sulfone groups is 1. The molecule has 9 heteroatoms. The van der Waals surface area contributed by atoms with E-state index in [9.17, 15) is 18.5 Å². The number of nitriles is 1. The van der Waals surface area contributed by atoms with Crippen molar-refractivity contribution < 1.29 is 13.3 Å². The number of hydrogen-bond donors (Lipinski definition) is 0. The third-order valence-electron chi connectivity index (χ3n) is 1.79. The van der Waals surface area contributed by atoms with Crippen molar-refractivity contribution in [1.29, 1.82) is 5.26 Å². The SMILES string of the molecule is N#C[Se]c1ccc(S(=O)(=O)CCl)cc1[N+](=O)[O-]. The van der Waals surface area contributed by atoms with Gasteiger partial charge in [-0.1, -0.05) is 0 Å². The van der Waals surface area contributed by atoms with E-state index in [-0.39, 0.29) is 15.0 Å². The Hall–Kier alpha value is -1.13. The number of rotatable bonds is 4. The monoisotopic (exact) mass is 340 g/mol. The molecule has 0 heterocycles. The minimum absolute atomic E-state index is 0.211. The molecular formula is C8H5ClN2O4SSe. The van der Waals surface area contributed by atoms with E-state index < -0.39 is 34.9 Å². The Kier molecular flexibility index (Phi) is 4.48. The van der Waals surface area contributed by atoms with E-state index in [1.165, 1.54) is 12.1 Å². The predicted molar refractivity (Wildman–Crippen MR) is 62.0 cm³/mol. The molecule has 1 aromatic rings. The van der Waals surface area contributed by atoms with E-state index in [0.29, 0.717) is 0 Å². The third-order valence-corrected chi connectivity index (χ3v) is 5.28. The molecule has 0 bridgehead atoms. The van der Waals surface area contributed by atoms with Crippen LogP contribution in [0.5, 0.6) is 0 Å². The molecule has 1 rings (SSSR count). The van der Waals surface area contributed by atoms with Crippen molar-refractivity contribution in [3.8, 4) is 4.97 Å². The topological polar surface area (TPSA) is 101 Å². The van der Waals surface area contributed by atoms with Crippen LogP contribution in [0, 0.1) is 20.3 Å². The van der Waals surface area contributed by atoms with E-state index in [1.54, 1.807) is 0 Å². The summed E-state index contributed by atoms with van der Waals surface area (Å²) in [5, 5.41) is 18.6. The molecule has 0 aliphatic carbocycles. The molecule has 0 aliphatic heterocycles. The van der Waals surface area contributed by atoms with Gasteiger partial charge >= 0.3 is 109 Å². The van der Waals surface area contributed by atoms with Crippen molar-refractivity contribution in [3.63, 3.8) is 0 Å². The molecule has 0 N–H and O–H groups in total. The second-order valence-electron chi connectivity index (χ2n) is 2.80. The molecule has 0 spiro atoms. The Morgan fingerprint density at radius 1 is 1.53 bits per heavy atom. The Balaban J connectivity index is 3.39. The van der Waals surface area contributed by atoms with Crippen LogP contribution < -0.4 is 4.46 Å². The van der Waals surface area contributed by atoms with Crippen LogP contribution >= 0.6 is 11.6 Å². The Morgan fingerprint density at radius 3 is 2.65 bits per heavy atom. The van der Waals surface area contributed by atoms with Gasteiger partial charge in [-0.15, -0.1) is 0 Å². The van der Waals surface area contributed by atoms with Gasteiger partial charge in [0.25, 0.3) is 0 Å². The van der Waals surface area contributed by atoms with Gasteiger partial charge < -0.3 is 0 Å². The summed E-state index contributed by atoms with van der Waals surface area (Å²) in [6.45, 7) is 0. The van der Waals surface area contributed by atoms with Crippen molar-refractivity contribution in [2.45, 2.75) is 4.90 Å². The molecule has 0 radical (unpaired) electrons. The first kappa shape index (κ1) is 13.9. The molecule has 0 amide bonds. The minimum atomic E-state index is -3.70. The van der Waals surface area contributed by atoms with Crippen LogP contribution in [0.3, 0.4) is 0 Å². The molecule has 90 valence electrons. The fourth-order valence-electron chi connectivity index (χ4n) is 1.03. The summed E-state index contributed by atoms with van der Waals surface area (Å²) >= 11 is 4.54. The molecule has 0 saturated heterocycles. The second-order valence-corrected chi connectivity index (χ2v) is 7.11. The number of nitrogens with zero attached hydrogens (tertiary/aromatic N) is 2. The summed E-state index contributed by atoms with van der Waals surface area (Å²) in [6, 6.07) is 3.44. The van der Waals surface area contributed by atoms with Crippen molar-refractivity contribution in [1.82, 2.24) is 0 Å². The van der Waals surface area contributed by atoms with Gasteiger partial charge in [0.2, 0.25) is 0 Å². The first-order valence-corrected chi connectivity index (χ1v) is 7.95. The first-order chi connectivity index (χ1) is 7.92. The van der Waals surface area contributed by atoms with E-state index >= 15 is 0 Å². The van der Waals surface area contributed by atoms with Crippen molar-refractivity contribution in [2.24, 2.45) is 0 Å². The average Bonchev–Trinajstić information content (AvgIpc) is 2.29. The zero-order chi connectivity index (χ0) is 13.1. The van der Waals surface area contributed by atoms with Crippen LogP contribution in [0.4, 0.5) is 5.69 Å². The van der Waals surface area contributed by atoms with Gasteiger partial charge in [-0.05, 0) is 0 Å². The van der Waals surface area contributed by atoms with Crippen molar-refractivity contribution >= 4 is 46.5 Å². The molecule has 1 aromatic carbocycles. The van der Waals surface area contributed by atoms with Crippen LogP contribution in [0.25, 0.3) is 0 Å². The van der Waals surface area contributed by atoms with Gasteiger partial charge in [0, 0.05) is 0 Å². The number of alkyl halides is 1. The summed E-state index contributed by atoms with van der Waals surface area (Å²) in [4.78, 5) is 11.7. The molecule has 0 atom stereocenters. The summed E-state index contributed by atoms with van der Waals surface area (Å²) in [6.07, 6.45) is 0. The summed E-state index contributed by atoms with van der Waals surface area (Å²) in [7, 11) is -3.70. The van der Waals surface area contributed by atoms with Crippen LogP contribution in [0.2, 0.25) is 0 Å². The maximum absolute atomic E-state index is 11.4. The number of hydrogen-bond acceptors (Lipinski definition) is 5. The molecule has 0 unspecified atom stereocenters. The molecule has 0 fully saturated rings. The summed E-state index contributed by atoms with van der Waals surface area (Å²) in [5.74, 6) is 0. The predicted octanol–water partition coefficient (Wildman–Crippen LogP) is 0.375. The maximum atomic E-state index is 11.4. The van der Waals surface area contributed by atoms with Gasteiger partial charge in [0.15, 0.2) is 0 Å². The molecule has 0 aromatic heterocycles. The van der Waals surface area contributed by atoms with Gasteiger partial charge in [-0.3, -0.25) is 0 Å². The van der Waals surface area contributed by atoms with Crippen LogP contribution in [-0.4, -0.2) is 33.5 Å². The van der Waals surface area contributed by atoms with Gasteiger partial charge in [0.05, 0.1) is 0 Å². The molecule has 17 heavy (non-hydrogen) atoms. The number of halogens is 1. The normalized spacial score (nSPS) is 10.8. The Bertz CT molecular complexity index is 596. The van der Waals surface area contributed by atoms with Gasteiger partial charge in [-0.2, -0.15) is 0 Å². The van der Waals surface area contributed by atoms with E-state index in [4.69, 9.17) is 16.9 Å². The number of nitro groups is 1. The Morgan fingerprint density at radius 2 is 2.18 bits per heavy atom. The van der Waals surface area contributed by atoms with Crippen LogP contribution in [0.1, 0.15) is 0 Å². The van der Waals surface area contributed by atoms with Crippen molar-refractivity contribution in [3.05, 3.63) is 28.3 Å². The molecule has 0 saturated carbocycles. The van der Waals surface area contributed by atoms with E-state index in [0.717, 1.165) is 6.07 Å². The van der Waals surface area contributed by atoms with E-state index in [1.807, 2.05) is 4.97 Å².